The average molecular weight is 222 g/mol. The second-order valence-corrected chi connectivity index (χ2v) is 4.62. The highest BCUT2D eigenvalue weighted by atomic mass is 32.2. The van der Waals surface area contributed by atoms with Crippen molar-refractivity contribution in [3.05, 3.63) is 24.3 Å². The van der Waals surface area contributed by atoms with Gasteiger partial charge < -0.3 is 5.32 Å². The molecule has 4 nitrogen and oxygen atoms in total. The molecule has 5 heteroatoms. The Bertz CT molecular complexity index is 339. The number of hydrogen-bond acceptors (Lipinski definition) is 5. The van der Waals surface area contributed by atoms with Crippen LogP contribution in [0.2, 0.25) is 0 Å². The number of aliphatic imine (C=N–C) groups is 1. The summed E-state index contributed by atoms with van der Waals surface area (Å²) in [5.41, 5.74) is 0.993. The van der Waals surface area contributed by atoms with Gasteiger partial charge in [-0.2, -0.15) is 0 Å². The standard InChI is InChI=1S/C10H14N4S/c1-8-4-12-10(15-6-8)13-5-9-2-3-11-7-14-9/h2-3,7-8H,4-6H2,1H3,(H,12,13). The maximum absolute atomic E-state index is 4.45. The highest BCUT2D eigenvalue weighted by Gasteiger charge is 2.11. The number of nitrogens with one attached hydrogen (secondary N) is 1. The fraction of sp³-hybridized carbons (Fsp3) is 0.500. The van der Waals surface area contributed by atoms with Crippen molar-refractivity contribution in [2.24, 2.45) is 10.9 Å². The molecule has 0 saturated carbocycles. The van der Waals surface area contributed by atoms with Crippen LogP contribution < -0.4 is 5.32 Å². The van der Waals surface area contributed by atoms with E-state index in [-0.39, 0.29) is 0 Å². The first-order valence-corrected chi connectivity index (χ1v) is 5.99. The van der Waals surface area contributed by atoms with E-state index >= 15 is 0 Å². The Labute approximate surface area is 93.6 Å². The summed E-state index contributed by atoms with van der Waals surface area (Å²) in [6, 6.07) is 1.91. The summed E-state index contributed by atoms with van der Waals surface area (Å²) in [7, 11) is 0. The highest BCUT2D eigenvalue weighted by molar-refractivity contribution is 8.13. The molecule has 0 aromatic carbocycles. The first-order valence-electron chi connectivity index (χ1n) is 5.00. The molecule has 1 atom stereocenters. The van der Waals surface area contributed by atoms with E-state index in [9.17, 15) is 0 Å². The van der Waals surface area contributed by atoms with Crippen molar-refractivity contribution >= 4 is 16.9 Å². The summed E-state index contributed by atoms with van der Waals surface area (Å²) in [4.78, 5) is 12.5. The lowest BCUT2D eigenvalue weighted by Crippen LogP contribution is -2.26. The van der Waals surface area contributed by atoms with Crippen LogP contribution in [0, 0.1) is 5.92 Å². The topological polar surface area (TPSA) is 50.2 Å². The quantitative estimate of drug-likeness (QED) is 0.819. The molecule has 15 heavy (non-hydrogen) atoms. The molecule has 1 aromatic heterocycles. The Kier molecular flexibility index (Phi) is 3.55. The minimum absolute atomic E-state index is 0.694. The van der Waals surface area contributed by atoms with E-state index in [2.05, 4.69) is 27.2 Å². The van der Waals surface area contributed by atoms with Gasteiger partial charge in [0.1, 0.15) is 6.33 Å². The minimum atomic E-state index is 0.694. The largest absolute Gasteiger partial charge is 0.359 e. The third-order valence-electron chi connectivity index (χ3n) is 2.12. The van der Waals surface area contributed by atoms with Gasteiger partial charge in [-0.25, -0.2) is 9.97 Å². The molecule has 1 aliphatic heterocycles. The van der Waals surface area contributed by atoms with Gasteiger partial charge in [0, 0.05) is 18.5 Å². The van der Waals surface area contributed by atoms with Crippen LogP contribution >= 0.6 is 11.8 Å². The van der Waals surface area contributed by atoms with Crippen LogP contribution in [0.25, 0.3) is 0 Å². The number of hydrogen-bond donors (Lipinski definition) is 1. The smallest absolute Gasteiger partial charge is 0.156 e. The number of rotatable bonds is 2. The van der Waals surface area contributed by atoms with Gasteiger partial charge in [0.15, 0.2) is 5.17 Å². The van der Waals surface area contributed by atoms with Gasteiger partial charge in [-0.1, -0.05) is 18.7 Å². The molecule has 0 radical (unpaired) electrons. The van der Waals surface area contributed by atoms with Gasteiger partial charge in [-0.3, -0.25) is 4.99 Å². The van der Waals surface area contributed by atoms with Crippen LogP contribution in [0.15, 0.2) is 23.6 Å². The molecular weight excluding hydrogens is 208 g/mol. The Morgan fingerprint density at radius 1 is 1.60 bits per heavy atom. The van der Waals surface area contributed by atoms with Crippen molar-refractivity contribution < 1.29 is 0 Å². The first-order chi connectivity index (χ1) is 7.34. The Balaban J connectivity index is 1.84. The van der Waals surface area contributed by atoms with Crippen molar-refractivity contribution in [2.45, 2.75) is 13.5 Å². The summed E-state index contributed by atoms with van der Waals surface area (Å²) in [5, 5.41) is 4.32. The van der Waals surface area contributed by atoms with E-state index in [1.807, 2.05) is 6.07 Å². The van der Waals surface area contributed by atoms with Crippen molar-refractivity contribution in [3.8, 4) is 0 Å². The molecule has 0 amide bonds. The van der Waals surface area contributed by atoms with E-state index in [0.29, 0.717) is 5.92 Å². The molecule has 0 aliphatic carbocycles. The van der Waals surface area contributed by atoms with Gasteiger partial charge in [-0.15, -0.1) is 0 Å². The molecule has 0 saturated heterocycles. The Hall–Kier alpha value is -1.10. The maximum atomic E-state index is 4.45. The second kappa shape index (κ2) is 5.11. The molecule has 2 heterocycles. The molecular formula is C10H14N4S. The van der Waals surface area contributed by atoms with Crippen molar-refractivity contribution in [3.63, 3.8) is 0 Å². The molecule has 2 rings (SSSR count). The molecule has 1 N–H and O–H groups in total. The van der Waals surface area contributed by atoms with E-state index < -0.39 is 0 Å². The predicted octanol–water partition coefficient (Wildman–Crippen LogP) is 1.31. The van der Waals surface area contributed by atoms with Crippen LogP contribution in [0.3, 0.4) is 0 Å². The molecule has 1 aliphatic rings. The fourth-order valence-corrected chi connectivity index (χ4v) is 2.14. The summed E-state index contributed by atoms with van der Waals surface area (Å²) < 4.78 is 0. The van der Waals surface area contributed by atoms with Gasteiger partial charge in [0.25, 0.3) is 0 Å². The lowest BCUT2D eigenvalue weighted by molar-refractivity contribution is 0.668. The van der Waals surface area contributed by atoms with Crippen LogP contribution in [0.5, 0.6) is 0 Å². The number of aromatic nitrogens is 2. The fourth-order valence-electron chi connectivity index (χ4n) is 1.25. The lowest BCUT2D eigenvalue weighted by atomic mass is 10.2. The number of nitrogens with zero attached hydrogens (tertiary/aromatic N) is 3. The van der Waals surface area contributed by atoms with Crippen molar-refractivity contribution in [1.29, 1.82) is 0 Å². The Morgan fingerprint density at radius 3 is 3.20 bits per heavy atom. The van der Waals surface area contributed by atoms with Gasteiger partial charge in [-0.05, 0) is 12.0 Å². The van der Waals surface area contributed by atoms with Crippen molar-refractivity contribution in [1.82, 2.24) is 15.3 Å². The normalized spacial score (nSPS) is 20.9. The van der Waals surface area contributed by atoms with Crippen LogP contribution in [0.4, 0.5) is 0 Å². The van der Waals surface area contributed by atoms with E-state index in [1.54, 1.807) is 24.3 Å². The molecule has 1 unspecified atom stereocenters. The predicted molar refractivity (Wildman–Crippen MR) is 62.8 cm³/mol. The second-order valence-electron chi connectivity index (χ2n) is 3.62. The number of thioether (sulfide) groups is 1. The minimum Gasteiger partial charge on any atom is -0.359 e. The molecule has 0 bridgehead atoms. The third kappa shape index (κ3) is 3.20. The van der Waals surface area contributed by atoms with Crippen molar-refractivity contribution in [2.75, 3.05) is 12.3 Å². The molecule has 80 valence electrons. The average Bonchev–Trinajstić information content (AvgIpc) is 2.30. The zero-order valence-corrected chi connectivity index (χ0v) is 9.50. The molecule has 1 aromatic rings. The van der Waals surface area contributed by atoms with Crippen LogP contribution in [-0.4, -0.2) is 27.4 Å². The maximum Gasteiger partial charge on any atom is 0.156 e. The summed E-state index contributed by atoms with van der Waals surface area (Å²) in [5.74, 6) is 1.84. The summed E-state index contributed by atoms with van der Waals surface area (Å²) in [6.07, 6.45) is 3.32. The van der Waals surface area contributed by atoms with E-state index in [1.165, 1.54) is 0 Å². The third-order valence-corrected chi connectivity index (χ3v) is 3.40. The van der Waals surface area contributed by atoms with Crippen LogP contribution in [-0.2, 0) is 6.54 Å². The zero-order chi connectivity index (χ0) is 10.5. The lowest BCUT2D eigenvalue weighted by Gasteiger charge is -2.17. The van der Waals surface area contributed by atoms with E-state index in [4.69, 9.17) is 0 Å². The van der Waals surface area contributed by atoms with Gasteiger partial charge in [0.2, 0.25) is 0 Å². The molecule has 0 fully saturated rings. The van der Waals surface area contributed by atoms with Crippen LogP contribution in [0.1, 0.15) is 12.6 Å². The zero-order valence-electron chi connectivity index (χ0n) is 8.68. The Morgan fingerprint density at radius 2 is 2.53 bits per heavy atom. The summed E-state index contributed by atoms with van der Waals surface area (Å²) >= 11 is 1.79. The molecule has 0 spiro atoms. The van der Waals surface area contributed by atoms with Gasteiger partial charge in [0.05, 0.1) is 12.2 Å². The monoisotopic (exact) mass is 222 g/mol. The first kappa shape index (κ1) is 10.4. The number of amidine groups is 1. The van der Waals surface area contributed by atoms with Gasteiger partial charge >= 0.3 is 0 Å². The SMILES string of the molecule is CC1CN=C(NCc2ccncn2)SC1. The highest BCUT2D eigenvalue weighted by Crippen LogP contribution is 2.15. The van der Waals surface area contributed by atoms with E-state index in [0.717, 1.165) is 29.7 Å². The summed E-state index contributed by atoms with van der Waals surface area (Å²) in [6.45, 7) is 3.87.